The van der Waals surface area contributed by atoms with E-state index in [1.54, 1.807) is 17.0 Å². The van der Waals surface area contributed by atoms with Crippen molar-refractivity contribution >= 4 is 67.9 Å². The first-order chi connectivity index (χ1) is 14.8. The van der Waals surface area contributed by atoms with Crippen LogP contribution < -0.4 is 9.64 Å². The van der Waals surface area contributed by atoms with Crippen LogP contribution in [0.15, 0.2) is 30.3 Å². The molecule has 6 nitrogen and oxygen atoms in total. The Bertz CT molecular complexity index is 1070. The van der Waals surface area contributed by atoms with Crippen molar-refractivity contribution in [3.8, 4) is 5.75 Å². The third kappa shape index (κ3) is 6.24. The van der Waals surface area contributed by atoms with Gasteiger partial charge in [-0.05, 0) is 24.3 Å². The standard InChI is InChI=1S/C19H17ClF3N3O3S2.ClH/c20-16-4-3-14(30-16)17(27)26(6-5-25-7-9-28-10-8-25)18-24-13-2-1-12(11-15(13)31-18)29-19(21,22)23;/h1-4,11H,5-10H2;1H. The monoisotopic (exact) mass is 527 g/mol. The second-order valence-corrected chi connectivity index (χ2v) is 9.41. The summed E-state index contributed by atoms with van der Waals surface area (Å²) in [5.41, 5.74) is 0.489. The summed E-state index contributed by atoms with van der Waals surface area (Å²) in [4.78, 5) is 21.9. The van der Waals surface area contributed by atoms with Crippen LogP contribution in [0.5, 0.6) is 5.75 Å². The quantitative estimate of drug-likeness (QED) is 0.434. The molecular weight excluding hydrogens is 510 g/mol. The molecule has 32 heavy (non-hydrogen) atoms. The Labute approximate surface area is 200 Å². The Morgan fingerprint density at radius 1 is 1.22 bits per heavy atom. The van der Waals surface area contributed by atoms with E-state index in [0.717, 1.165) is 24.4 Å². The summed E-state index contributed by atoms with van der Waals surface area (Å²) < 4.78 is 47.9. The molecule has 0 N–H and O–H groups in total. The molecule has 3 heterocycles. The maximum atomic E-state index is 13.2. The molecule has 1 fully saturated rings. The number of nitrogens with zero attached hydrogens (tertiary/aromatic N) is 3. The number of rotatable bonds is 6. The number of anilines is 1. The number of fused-ring (bicyclic) bond motifs is 1. The van der Waals surface area contributed by atoms with Crippen LogP contribution in [0.2, 0.25) is 4.34 Å². The van der Waals surface area contributed by atoms with Gasteiger partial charge in [0, 0.05) is 32.2 Å². The molecule has 174 valence electrons. The van der Waals surface area contributed by atoms with Crippen LogP contribution in [0.4, 0.5) is 18.3 Å². The van der Waals surface area contributed by atoms with Crippen LogP contribution in [-0.4, -0.2) is 61.5 Å². The highest BCUT2D eigenvalue weighted by molar-refractivity contribution is 7.22. The summed E-state index contributed by atoms with van der Waals surface area (Å²) in [6.45, 7) is 3.80. The molecule has 0 saturated carbocycles. The van der Waals surface area contributed by atoms with Gasteiger partial charge in [0.05, 0.1) is 32.6 Å². The second kappa shape index (κ2) is 10.5. The molecule has 0 unspecified atom stereocenters. The third-order valence-corrected chi connectivity index (χ3v) is 6.85. The molecule has 1 saturated heterocycles. The SMILES string of the molecule is Cl.O=C(c1ccc(Cl)s1)N(CCN1CCOCC1)c1nc2ccc(OC(F)(F)F)cc2s1. The first-order valence-corrected chi connectivity index (χ1v) is 11.3. The molecule has 0 radical (unpaired) electrons. The minimum absolute atomic E-state index is 0. The summed E-state index contributed by atoms with van der Waals surface area (Å²) in [7, 11) is 0. The average Bonchev–Trinajstić information content (AvgIpc) is 3.33. The topological polar surface area (TPSA) is 54.9 Å². The molecule has 0 bridgehead atoms. The molecule has 2 aromatic heterocycles. The fourth-order valence-corrected chi connectivity index (χ4v) is 5.13. The number of thiophene rings is 1. The maximum Gasteiger partial charge on any atom is 0.573 e. The zero-order valence-corrected chi connectivity index (χ0v) is 19.6. The number of thiazole rings is 1. The summed E-state index contributed by atoms with van der Waals surface area (Å²) in [6, 6.07) is 7.23. The van der Waals surface area contributed by atoms with Crippen LogP contribution in [0.1, 0.15) is 9.67 Å². The number of carbonyl (C=O) groups excluding carboxylic acids is 1. The lowest BCUT2D eigenvalue weighted by Gasteiger charge is -2.29. The van der Waals surface area contributed by atoms with Gasteiger partial charge >= 0.3 is 6.36 Å². The molecule has 1 aliphatic rings. The minimum atomic E-state index is -4.78. The van der Waals surface area contributed by atoms with Gasteiger partial charge in [0.2, 0.25) is 0 Å². The zero-order chi connectivity index (χ0) is 22.0. The van der Waals surface area contributed by atoms with E-state index in [-0.39, 0.29) is 24.1 Å². The summed E-state index contributed by atoms with van der Waals surface area (Å²) in [6.07, 6.45) is -4.78. The number of ether oxygens (including phenoxy) is 2. The van der Waals surface area contributed by atoms with Crippen molar-refractivity contribution in [1.29, 1.82) is 0 Å². The van der Waals surface area contributed by atoms with E-state index >= 15 is 0 Å². The molecule has 1 aliphatic heterocycles. The van der Waals surface area contributed by atoms with Crippen molar-refractivity contribution in [1.82, 2.24) is 9.88 Å². The first-order valence-electron chi connectivity index (χ1n) is 9.32. The van der Waals surface area contributed by atoms with Crippen molar-refractivity contribution in [2.45, 2.75) is 6.36 Å². The molecule has 0 atom stereocenters. The first kappa shape index (κ1) is 25.0. The van der Waals surface area contributed by atoms with Gasteiger partial charge in [0.1, 0.15) is 5.75 Å². The van der Waals surface area contributed by atoms with Crippen LogP contribution >= 0.6 is 46.7 Å². The van der Waals surface area contributed by atoms with Crippen LogP contribution in [-0.2, 0) is 4.74 Å². The predicted octanol–water partition coefficient (Wildman–Crippen LogP) is 5.31. The largest absolute Gasteiger partial charge is 0.573 e. The van der Waals surface area contributed by atoms with E-state index in [4.69, 9.17) is 16.3 Å². The summed E-state index contributed by atoms with van der Waals surface area (Å²) in [5, 5.41) is 0.405. The molecule has 1 aromatic carbocycles. The summed E-state index contributed by atoms with van der Waals surface area (Å²) >= 11 is 8.30. The second-order valence-electron chi connectivity index (χ2n) is 6.69. The van der Waals surface area contributed by atoms with E-state index in [9.17, 15) is 18.0 Å². The van der Waals surface area contributed by atoms with Crippen LogP contribution in [0, 0.1) is 0 Å². The Hall–Kier alpha value is -1.63. The number of alkyl halides is 3. The number of amides is 1. The number of morpholine rings is 1. The number of carbonyl (C=O) groups is 1. The molecular formula is C19H18Cl2F3N3O3S2. The fraction of sp³-hybridized carbons (Fsp3) is 0.368. The molecule has 3 aromatic rings. The van der Waals surface area contributed by atoms with Crippen molar-refractivity contribution in [3.05, 3.63) is 39.5 Å². The Morgan fingerprint density at radius 3 is 2.62 bits per heavy atom. The van der Waals surface area contributed by atoms with Gasteiger partial charge < -0.3 is 9.47 Å². The van der Waals surface area contributed by atoms with Crippen molar-refractivity contribution in [2.75, 3.05) is 44.3 Å². The van der Waals surface area contributed by atoms with Crippen molar-refractivity contribution < 1.29 is 27.4 Å². The van der Waals surface area contributed by atoms with E-state index < -0.39 is 6.36 Å². The molecule has 0 spiro atoms. The average molecular weight is 528 g/mol. The Morgan fingerprint density at radius 2 is 1.97 bits per heavy atom. The fourth-order valence-electron chi connectivity index (χ4n) is 3.12. The van der Waals surface area contributed by atoms with Gasteiger partial charge in [-0.3, -0.25) is 14.6 Å². The number of aromatic nitrogens is 1. The van der Waals surface area contributed by atoms with Gasteiger partial charge in [-0.2, -0.15) is 0 Å². The minimum Gasteiger partial charge on any atom is -0.406 e. The van der Waals surface area contributed by atoms with Gasteiger partial charge in [-0.1, -0.05) is 22.9 Å². The van der Waals surface area contributed by atoms with Gasteiger partial charge in [0.25, 0.3) is 5.91 Å². The number of hydrogen-bond donors (Lipinski definition) is 0. The molecule has 0 aliphatic carbocycles. The molecule has 1 amide bonds. The Kier molecular flexibility index (Phi) is 8.23. The highest BCUT2D eigenvalue weighted by atomic mass is 35.5. The van der Waals surface area contributed by atoms with E-state index in [1.807, 2.05) is 0 Å². The van der Waals surface area contributed by atoms with Crippen molar-refractivity contribution in [2.24, 2.45) is 0 Å². The smallest absolute Gasteiger partial charge is 0.406 e. The van der Waals surface area contributed by atoms with Crippen LogP contribution in [0.25, 0.3) is 10.2 Å². The van der Waals surface area contributed by atoms with E-state index in [1.165, 1.54) is 29.5 Å². The maximum absolute atomic E-state index is 13.2. The lowest BCUT2D eigenvalue weighted by molar-refractivity contribution is -0.274. The Balaban J connectivity index is 0.00000289. The highest BCUT2D eigenvalue weighted by Crippen LogP contribution is 2.34. The molecule has 13 heteroatoms. The van der Waals surface area contributed by atoms with E-state index in [2.05, 4.69) is 14.6 Å². The van der Waals surface area contributed by atoms with Gasteiger partial charge in [-0.15, -0.1) is 36.9 Å². The predicted molar refractivity (Wildman–Crippen MR) is 122 cm³/mol. The van der Waals surface area contributed by atoms with Crippen LogP contribution in [0.3, 0.4) is 0 Å². The number of halogens is 5. The zero-order valence-electron chi connectivity index (χ0n) is 16.4. The number of hydrogen-bond acceptors (Lipinski definition) is 7. The van der Waals surface area contributed by atoms with Gasteiger partial charge in [-0.25, -0.2) is 4.98 Å². The summed E-state index contributed by atoms with van der Waals surface area (Å²) in [5.74, 6) is -0.581. The highest BCUT2D eigenvalue weighted by Gasteiger charge is 2.31. The van der Waals surface area contributed by atoms with Crippen molar-refractivity contribution in [3.63, 3.8) is 0 Å². The normalized spacial score (nSPS) is 14.9. The lowest BCUT2D eigenvalue weighted by atomic mass is 10.3. The molecule has 4 rings (SSSR count). The van der Waals surface area contributed by atoms with Gasteiger partial charge in [0.15, 0.2) is 5.13 Å². The van der Waals surface area contributed by atoms with E-state index in [0.29, 0.717) is 50.9 Å². The number of benzene rings is 1. The third-order valence-electron chi connectivity index (χ3n) is 4.59. The lowest BCUT2D eigenvalue weighted by Crippen LogP contribution is -2.43.